The summed E-state index contributed by atoms with van der Waals surface area (Å²) in [4.78, 5) is 10.2. The van der Waals surface area contributed by atoms with E-state index in [1.807, 2.05) is 0 Å². The predicted octanol–water partition coefficient (Wildman–Crippen LogP) is 1.88. The molecule has 0 saturated heterocycles. The van der Waals surface area contributed by atoms with E-state index in [0.29, 0.717) is 5.15 Å². The van der Waals surface area contributed by atoms with Gasteiger partial charge in [0.05, 0.1) is 0 Å². The van der Waals surface area contributed by atoms with Crippen LogP contribution in [0, 0.1) is 0 Å². The number of anilines is 1. The molecule has 0 amide bonds. The van der Waals surface area contributed by atoms with Crippen LogP contribution in [0.4, 0.5) is 5.82 Å². The Morgan fingerprint density at radius 3 is 2.67 bits per heavy atom. The van der Waals surface area contributed by atoms with E-state index in [-0.39, 0.29) is 0 Å². The van der Waals surface area contributed by atoms with Gasteiger partial charge in [-0.25, -0.2) is 9.97 Å². The molecule has 0 radical (unpaired) electrons. The summed E-state index contributed by atoms with van der Waals surface area (Å²) in [6.45, 7) is 8.34. The largest absolute Gasteiger partial charge is 0.369 e. The number of rotatable bonds is 6. The van der Waals surface area contributed by atoms with Gasteiger partial charge in [0, 0.05) is 19.2 Å². The quantitative estimate of drug-likeness (QED) is 0.755. The predicted molar refractivity (Wildman–Crippen MR) is 63.3 cm³/mol. The van der Waals surface area contributed by atoms with Gasteiger partial charge in [-0.3, -0.25) is 0 Å². The van der Waals surface area contributed by atoms with Crippen LogP contribution in [0.5, 0.6) is 0 Å². The molecule has 0 fully saturated rings. The Bertz CT molecular complexity index is 289. The summed E-state index contributed by atoms with van der Waals surface area (Å²) in [5.41, 5.74) is 0. The molecule has 84 valence electrons. The monoisotopic (exact) mass is 228 g/mol. The molecule has 1 heterocycles. The second kappa shape index (κ2) is 6.58. The lowest BCUT2D eigenvalue weighted by Crippen LogP contribution is -2.28. The molecule has 0 aliphatic rings. The second-order valence-electron chi connectivity index (χ2n) is 3.18. The van der Waals surface area contributed by atoms with Gasteiger partial charge in [-0.15, -0.1) is 0 Å². The van der Waals surface area contributed by atoms with Crippen LogP contribution in [-0.4, -0.2) is 41.0 Å². The summed E-state index contributed by atoms with van der Waals surface area (Å²) in [5.74, 6) is 0.780. The van der Waals surface area contributed by atoms with Gasteiger partial charge in [0.2, 0.25) is 0 Å². The number of aromatic nitrogens is 2. The highest BCUT2D eigenvalue weighted by Gasteiger charge is 1.99. The fourth-order valence-corrected chi connectivity index (χ4v) is 1.46. The molecule has 1 N–H and O–H groups in total. The van der Waals surface area contributed by atoms with Crippen molar-refractivity contribution in [3.8, 4) is 0 Å². The molecule has 0 aliphatic carbocycles. The van der Waals surface area contributed by atoms with E-state index >= 15 is 0 Å². The molecule has 0 aliphatic heterocycles. The summed E-state index contributed by atoms with van der Waals surface area (Å²) >= 11 is 5.74. The highest BCUT2D eigenvalue weighted by atomic mass is 35.5. The molecule has 0 aromatic carbocycles. The fraction of sp³-hybridized carbons (Fsp3) is 0.600. The SMILES string of the molecule is CCN(CC)CCNc1cc(Cl)ncn1. The molecule has 1 rings (SSSR count). The Morgan fingerprint density at radius 1 is 1.33 bits per heavy atom. The first-order valence-corrected chi connectivity index (χ1v) is 5.57. The Labute approximate surface area is 95.7 Å². The van der Waals surface area contributed by atoms with Gasteiger partial charge < -0.3 is 10.2 Å². The minimum atomic E-state index is 0.468. The lowest BCUT2D eigenvalue weighted by molar-refractivity contribution is 0.316. The van der Waals surface area contributed by atoms with Crippen molar-refractivity contribution in [3.63, 3.8) is 0 Å². The summed E-state index contributed by atoms with van der Waals surface area (Å²) in [6, 6.07) is 1.73. The molecule has 1 aromatic rings. The maximum Gasteiger partial charge on any atom is 0.134 e. The Morgan fingerprint density at radius 2 is 2.07 bits per heavy atom. The smallest absolute Gasteiger partial charge is 0.134 e. The molecule has 5 heteroatoms. The van der Waals surface area contributed by atoms with Crippen LogP contribution in [0.3, 0.4) is 0 Å². The molecule has 0 bridgehead atoms. The van der Waals surface area contributed by atoms with Crippen molar-refractivity contribution in [2.24, 2.45) is 0 Å². The van der Waals surface area contributed by atoms with Gasteiger partial charge in [0.15, 0.2) is 0 Å². The van der Waals surface area contributed by atoms with Crippen molar-refractivity contribution in [2.45, 2.75) is 13.8 Å². The first-order valence-electron chi connectivity index (χ1n) is 5.20. The summed E-state index contributed by atoms with van der Waals surface area (Å²) in [7, 11) is 0. The van der Waals surface area contributed by atoms with E-state index in [9.17, 15) is 0 Å². The van der Waals surface area contributed by atoms with Crippen LogP contribution < -0.4 is 5.32 Å². The topological polar surface area (TPSA) is 41.0 Å². The zero-order valence-electron chi connectivity index (χ0n) is 9.20. The Kier molecular flexibility index (Phi) is 5.36. The van der Waals surface area contributed by atoms with Crippen LogP contribution >= 0.6 is 11.6 Å². The third kappa shape index (κ3) is 4.44. The van der Waals surface area contributed by atoms with E-state index < -0.39 is 0 Å². The number of nitrogens with zero attached hydrogens (tertiary/aromatic N) is 3. The van der Waals surface area contributed by atoms with E-state index in [0.717, 1.165) is 32.0 Å². The van der Waals surface area contributed by atoms with Gasteiger partial charge in [-0.05, 0) is 13.1 Å². The van der Waals surface area contributed by atoms with Crippen molar-refractivity contribution >= 4 is 17.4 Å². The van der Waals surface area contributed by atoms with Crippen molar-refractivity contribution in [3.05, 3.63) is 17.5 Å². The van der Waals surface area contributed by atoms with Gasteiger partial charge in [-0.1, -0.05) is 25.4 Å². The molecule has 0 atom stereocenters. The fourth-order valence-electron chi connectivity index (χ4n) is 1.31. The zero-order chi connectivity index (χ0) is 11.1. The normalized spacial score (nSPS) is 10.7. The van der Waals surface area contributed by atoms with Crippen LogP contribution in [0.25, 0.3) is 0 Å². The minimum Gasteiger partial charge on any atom is -0.369 e. The molecule has 15 heavy (non-hydrogen) atoms. The number of nitrogens with one attached hydrogen (secondary N) is 1. The number of halogens is 1. The van der Waals surface area contributed by atoms with E-state index in [4.69, 9.17) is 11.6 Å². The van der Waals surface area contributed by atoms with Crippen LogP contribution in [0.2, 0.25) is 5.15 Å². The number of hydrogen-bond acceptors (Lipinski definition) is 4. The standard InChI is InChI=1S/C10H17ClN4/c1-3-15(4-2)6-5-12-10-7-9(11)13-8-14-10/h7-8H,3-6H2,1-2H3,(H,12,13,14). The molecule has 0 spiro atoms. The van der Waals surface area contributed by atoms with Crippen molar-refractivity contribution in [1.82, 2.24) is 14.9 Å². The van der Waals surface area contributed by atoms with Crippen molar-refractivity contribution in [1.29, 1.82) is 0 Å². The highest BCUT2D eigenvalue weighted by molar-refractivity contribution is 6.29. The third-order valence-electron chi connectivity index (χ3n) is 2.26. The van der Waals surface area contributed by atoms with Gasteiger partial charge in [0.25, 0.3) is 0 Å². The summed E-state index contributed by atoms with van der Waals surface area (Å²) in [5, 5.41) is 3.68. The van der Waals surface area contributed by atoms with Gasteiger partial charge in [0.1, 0.15) is 17.3 Å². The Hall–Kier alpha value is -0.870. The number of likely N-dealkylation sites (N-methyl/N-ethyl adjacent to an activating group) is 1. The second-order valence-corrected chi connectivity index (χ2v) is 3.57. The first-order chi connectivity index (χ1) is 7.26. The molecule has 4 nitrogen and oxygen atoms in total. The van der Waals surface area contributed by atoms with Crippen LogP contribution in [-0.2, 0) is 0 Å². The third-order valence-corrected chi connectivity index (χ3v) is 2.47. The summed E-state index contributed by atoms with van der Waals surface area (Å²) < 4.78 is 0. The number of hydrogen-bond donors (Lipinski definition) is 1. The van der Waals surface area contributed by atoms with Crippen molar-refractivity contribution < 1.29 is 0 Å². The van der Waals surface area contributed by atoms with Gasteiger partial charge in [-0.2, -0.15) is 0 Å². The lowest BCUT2D eigenvalue weighted by atomic mass is 10.4. The van der Waals surface area contributed by atoms with Crippen molar-refractivity contribution in [2.75, 3.05) is 31.5 Å². The van der Waals surface area contributed by atoms with Crippen LogP contribution in [0.1, 0.15) is 13.8 Å². The Balaban J connectivity index is 2.31. The molecule has 1 aromatic heterocycles. The minimum absolute atomic E-state index is 0.468. The average molecular weight is 229 g/mol. The first kappa shape index (κ1) is 12.2. The molecular weight excluding hydrogens is 212 g/mol. The molecule has 0 unspecified atom stereocenters. The van der Waals surface area contributed by atoms with E-state index in [2.05, 4.69) is 34.0 Å². The lowest BCUT2D eigenvalue weighted by Gasteiger charge is -2.18. The summed E-state index contributed by atoms with van der Waals surface area (Å²) in [6.07, 6.45) is 1.46. The van der Waals surface area contributed by atoms with Crippen LogP contribution in [0.15, 0.2) is 12.4 Å². The zero-order valence-corrected chi connectivity index (χ0v) is 9.96. The van der Waals surface area contributed by atoms with Gasteiger partial charge >= 0.3 is 0 Å². The maximum atomic E-state index is 5.74. The highest BCUT2D eigenvalue weighted by Crippen LogP contribution is 2.07. The van der Waals surface area contributed by atoms with E-state index in [1.54, 1.807) is 6.07 Å². The maximum absolute atomic E-state index is 5.74. The molecule has 0 saturated carbocycles. The van der Waals surface area contributed by atoms with E-state index in [1.165, 1.54) is 6.33 Å². The average Bonchev–Trinajstić information content (AvgIpc) is 2.25. The molecular formula is C10H17ClN4.